The van der Waals surface area contributed by atoms with E-state index >= 15 is 0 Å². The number of benzene rings is 1. The number of piperazine rings is 1. The molecule has 0 saturated carbocycles. The smallest absolute Gasteiger partial charge is 0.240 e. The van der Waals surface area contributed by atoms with Crippen LogP contribution >= 0.6 is 22.9 Å². The van der Waals surface area contributed by atoms with E-state index in [0.717, 1.165) is 4.88 Å². The number of hydrogen-bond acceptors (Lipinski definition) is 7. The maximum atomic E-state index is 13.3. The van der Waals surface area contributed by atoms with E-state index in [1.807, 2.05) is 22.4 Å². The number of rotatable bonds is 4. The summed E-state index contributed by atoms with van der Waals surface area (Å²) >= 11 is 7.32. The third-order valence-electron chi connectivity index (χ3n) is 4.70. The summed E-state index contributed by atoms with van der Waals surface area (Å²) in [6, 6.07) is 9.64. The molecule has 1 fully saturated rings. The van der Waals surface area contributed by atoms with Gasteiger partial charge in [0.05, 0.1) is 9.77 Å². The number of nitrogens with zero attached hydrogens (tertiary/aromatic N) is 3. The molecule has 7 nitrogen and oxygen atoms in total. The molecule has 0 N–H and O–H groups in total. The highest BCUT2D eigenvalue weighted by atomic mass is 35.5. The van der Waals surface area contributed by atoms with Gasteiger partial charge in [0.25, 0.3) is 0 Å². The number of anilines is 1. The van der Waals surface area contributed by atoms with Crippen molar-refractivity contribution in [2.75, 3.05) is 31.1 Å². The maximum absolute atomic E-state index is 13.3. The molecule has 1 saturated heterocycles. The Morgan fingerprint density at radius 1 is 1.14 bits per heavy atom. The number of halogens is 1. The van der Waals surface area contributed by atoms with Crippen LogP contribution in [0.2, 0.25) is 5.02 Å². The Hall–Kier alpha value is -2.36. The molecule has 1 aromatic carbocycles. The van der Waals surface area contributed by atoms with Gasteiger partial charge in [0.1, 0.15) is 0 Å². The molecule has 0 aliphatic carbocycles. The lowest BCUT2D eigenvalue weighted by Gasteiger charge is -2.34. The molecule has 0 bridgehead atoms. The Bertz CT molecular complexity index is 1120. The fourth-order valence-electron chi connectivity index (χ4n) is 3.13. The van der Waals surface area contributed by atoms with Crippen LogP contribution < -0.4 is 4.90 Å². The SMILES string of the molecule is CC(=O)N1CCN(c2oc(-c3cccs3)nc2S(=O)(=O)c2ccc(Cl)cc2)CC1. The zero-order valence-electron chi connectivity index (χ0n) is 15.5. The van der Waals surface area contributed by atoms with Crippen molar-refractivity contribution >= 4 is 44.6 Å². The molecule has 0 atom stereocenters. The Balaban J connectivity index is 1.76. The second-order valence-corrected chi connectivity index (χ2v) is 9.81. The largest absolute Gasteiger partial charge is 0.418 e. The van der Waals surface area contributed by atoms with Crippen LogP contribution in [0.4, 0.5) is 5.88 Å². The Kier molecular flexibility index (Phi) is 5.37. The van der Waals surface area contributed by atoms with Crippen LogP contribution in [0, 0.1) is 0 Å². The highest BCUT2D eigenvalue weighted by Gasteiger charge is 2.33. The average Bonchev–Trinajstić information content (AvgIpc) is 3.38. The molecule has 152 valence electrons. The first-order chi connectivity index (χ1) is 13.9. The van der Waals surface area contributed by atoms with Crippen molar-refractivity contribution in [3.8, 4) is 10.8 Å². The van der Waals surface area contributed by atoms with E-state index in [2.05, 4.69) is 4.98 Å². The first kappa shape index (κ1) is 19.9. The van der Waals surface area contributed by atoms with E-state index in [9.17, 15) is 13.2 Å². The van der Waals surface area contributed by atoms with Crippen LogP contribution in [-0.4, -0.2) is 50.4 Å². The normalized spacial score (nSPS) is 15.0. The number of carbonyl (C=O) groups excluding carboxylic acids is 1. The molecule has 29 heavy (non-hydrogen) atoms. The van der Waals surface area contributed by atoms with Gasteiger partial charge < -0.3 is 14.2 Å². The molecule has 1 aliphatic rings. The molecule has 3 aromatic rings. The zero-order chi connectivity index (χ0) is 20.6. The molecule has 0 unspecified atom stereocenters. The van der Waals surface area contributed by atoms with Gasteiger partial charge in [0, 0.05) is 38.1 Å². The third kappa shape index (κ3) is 3.90. The number of aromatic nitrogens is 1. The van der Waals surface area contributed by atoms with Gasteiger partial charge in [-0.15, -0.1) is 11.3 Å². The monoisotopic (exact) mass is 451 g/mol. The number of amides is 1. The molecule has 1 aliphatic heterocycles. The number of thiophene rings is 1. The fourth-order valence-corrected chi connectivity index (χ4v) is 5.22. The lowest BCUT2D eigenvalue weighted by Crippen LogP contribution is -2.48. The van der Waals surface area contributed by atoms with Gasteiger partial charge in [-0.2, -0.15) is 4.98 Å². The summed E-state index contributed by atoms with van der Waals surface area (Å²) in [4.78, 5) is 20.3. The first-order valence-electron chi connectivity index (χ1n) is 8.92. The van der Waals surface area contributed by atoms with Crippen LogP contribution in [0.5, 0.6) is 0 Å². The van der Waals surface area contributed by atoms with Crippen molar-refractivity contribution in [1.82, 2.24) is 9.88 Å². The van der Waals surface area contributed by atoms with Crippen LogP contribution in [0.3, 0.4) is 0 Å². The molecule has 4 rings (SSSR count). The van der Waals surface area contributed by atoms with Crippen molar-refractivity contribution in [2.24, 2.45) is 0 Å². The number of carbonyl (C=O) groups is 1. The maximum Gasteiger partial charge on any atom is 0.240 e. The molecular formula is C19H18ClN3O4S2. The molecule has 0 spiro atoms. The molecular weight excluding hydrogens is 434 g/mol. The minimum atomic E-state index is -3.92. The minimum Gasteiger partial charge on any atom is -0.418 e. The lowest BCUT2D eigenvalue weighted by atomic mass is 10.3. The third-order valence-corrected chi connectivity index (χ3v) is 7.48. The molecule has 10 heteroatoms. The highest BCUT2D eigenvalue weighted by Crippen LogP contribution is 2.36. The molecule has 1 amide bonds. The Morgan fingerprint density at radius 3 is 2.41 bits per heavy atom. The van der Waals surface area contributed by atoms with Gasteiger partial charge in [0.2, 0.25) is 32.5 Å². The predicted octanol–water partition coefficient (Wildman–Crippen LogP) is 3.56. The summed E-state index contributed by atoms with van der Waals surface area (Å²) in [6.07, 6.45) is 0. The number of oxazole rings is 1. The van der Waals surface area contributed by atoms with Crippen LogP contribution in [-0.2, 0) is 14.6 Å². The van der Waals surface area contributed by atoms with Crippen molar-refractivity contribution < 1.29 is 17.6 Å². The van der Waals surface area contributed by atoms with E-state index in [0.29, 0.717) is 31.2 Å². The predicted molar refractivity (Wildman–Crippen MR) is 111 cm³/mol. The van der Waals surface area contributed by atoms with E-state index in [-0.39, 0.29) is 27.6 Å². The zero-order valence-corrected chi connectivity index (χ0v) is 17.9. The van der Waals surface area contributed by atoms with Crippen molar-refractivity contribution in [2.45, 2.75) is 16.8 Å². The standard InChI is InChI=1S/C19H18ClN3O4S2/c1-13(24)22-8-10-23(11-9-22)19-18(21-17(27-19)16-3-2-12-28-16)29(25,26)15-6-4-14(20)5-7-15/h2-7,12H,8-11H2,1H3. The van der Waals surface area contributed by atoms with Gasteiger partial charge >= 0.3 is 0 Å². The summed E-state index contributed by atoms with van der Waals surface area (Å²) in [7, 11) is -3.92. The molecule has 2 aromatic heterocycles. The Labute approximate surface area is 177 Å². The lowest BCUT2D eigenvalue weighted by molar-refractivity contribution is -0.129. The topological polar surface area (TPSA) is 83.7 Å². The van der Waals surface area contributed by atoms with Crippen molar-refractivity contribution in [1.29, 1.82) is 0 Å². The second-order valence-electron chi connectivity index (χ2n) is 6.56. The number of sulfone groups is 1. The van der Waals surface area contributed by atoms with Crippen LogP contribution in [0.1, 0.15) is 6.92 Å². The number of hydrogen-bond donors (Lipinski definition) is 0. The van der Waals surface area contributed by atoms with Gasteiger partial charge in [-0.05, 0) is 35.7 Å². The van der Waals surface area contributed by atoms with Crippen molar-refractivity contribution in [3.63, 3.8) is 0 Å². The summed E-state index contributed by atoms with van der Waals surface area (Å²) in [5.74, 6) is 0.457. The van der Waals surface area contributed by atoms with E-state index in [1.165, 1.54) is 42.5 Å². The minimum absolute atomic E-state index is 0.00416. The van der Waals surface area contributed by atoms with Gasteiger partial charge in [0.15, 0.2) is 0 Å². The average molecular weight is 452 g/mol. The quantitative estimate of drug-likeness (QED) is 0.603. The van der Waals surface area contributed by atoms with Gasteiger partial charge in [-0.1, -0.05) is 17.7 Å². The van der Waals surface area contributed by atoms with E-state index in [4.69, 9.17) is 16.0 Å². The molecule has 0 radical (unpaired) electrons. The van der Waals surface area contributed by atoms with Crippen LogP contribution in [0.25, 0.3) is 10.8 Å². The van der Waals surface area contributed by atoms with Crippen LogP contribution in [0.15, 0.2) is 56.1 Å². The second kappa shape index (κ2) is 7.81. The summed E-state index contributed by atoms with van der Waals surface area (Å²) in [6.45, 7) is 3.43. The summed E-state index contributed by atoms with van der Waals surface area (Å²) < 4.78 is 32.6. The first-order valence-corrected chi connectivity index (χ1v) is 11.7. The van der Waals surface area contributed by atoms with Gasteiger partial charge in [-0.3, -0.25) is 4.79 Å². The highest BCUT2D eigenvalue weighted by molar-refractivity contribution is 7.91. The fraction of sp³-hybridized carbons (Fsp3) is 0.263. The summed E-state index contributed by atoms with van der Waals surface area (Å²) in [5.41, 5.74) is 0. The van der Waals surface area contributed by atoms with E-state index in [1.54, 1.807) is 4.90 Å². The van der Waals surface area contributed by atoms with Crippen molar-refractivity contribution in [3.05, 3.63) is 46.8 Å². The summed E-state index contributed by atoms with van der Waals surface area (Å²) in [5, 5.41) is 2.20. The van der Waals surface area contributed by atoms with Gasteiger partial charge in [-0.25, -0.2) is 8.42 Å². The Morgan fingerprint density at radius 2 is 1.83 bits per heavy atom. The molecule has 3 heterocycles. The van der Waals surface area contributed by atoms with E-state index < -0.39 is 9.84 Å².